The van der Waals surface area contributed by atoms with Crippen molar-refractivity contribution in [1.29, 1.82) is 0 Å². The monoisotopic (exact) mass is 323 g/mol. The zero-order valence-corrected chi connectivity index (χ0v) is 11.9. The fourth-order valence-corrected chi connectivity index (χ4v) is 2.53. The molecule has 1 aromatic heterocycles. The van der Waals surface area contributed by atoms with Gasteiger partial charge >= 0.3 is 0 Å². The fraction of sp³-hybridized carbons (Fsp3) is 0.385. The lowest BCUT2D eigenvalue weighted by Crippen LogP contribution is -2.34. The SMILES string of the molecule is Brc1cccc2c(NC[C@H]3COCCO3)ncnc12. The van der Waals surface area contributed by atoms with Crippen LogP contribution in [0.3, 0.4) is 0 Å². The highest BCUT2D eigenvalue weighted by molar-refractivity contribution is 9.10. The first-order chi connectivity index (χ1) is 9.34. The lowest BCUT2D eigenvalue weighted by atomic mass is 10.2. The summed E-state index contributed by atoms with van der Waals surface area (Å²) in [6.07, 6.45) is 1.64. The molecule has 2 heterocycles. The zero-order valence-electron chi connectivity index (χ0n) is 10.3. The number of halogens is 1. The van der Waals surface area contributed by atoms with Gasteiger partial charge in [0.15, 0.2) is 0 Å². The third-order valence-corrected chi connectivity index (χ3v) is 3.64. The number of hydrogen-bond acceptors (Lipinski definition) is 5. The topological polar surface area (TPSA) is 56.3 Å². The number of para-hydroxylation sites is 1. The Labute approximate surface area is 119 Å². The zero-order chi connectivity index (χ0) is 13.1. The van der Waals surface area contributed by atoms with E-state index in [0.29, 0.717) is 26.4 Å². The van der Waals surface area contributed by atoms with Crippen molar-refractivity contribution in [1.82, 2.24) is 9.97 Å². The maximum absolute atomic E-state index is 5.60. The molecular formula is C13H14BrN3O2. The van der Waals surface area contributed by atoms with Crippen LogP contribution in [0.2, 0.25) is 0 Å². The minimum absolute atomic E-state index is 0.0749. The first kappa shape index (κ1) is 12.8. The molecule has 19 heavy (non-hydrogen) atoms. The maximum atomic E-state index is 5.60. The Balaban J connectivity index is 1.79. The van der Waals surface area contributed by atoms with Gasteiger partial charge in [-0.2, -0.15) is 0 Å². The number of fused-ring (bicyclic) bond motifs is 1. The molecule has 3 rings (SSSR count). The largest absolute Gasteiger partial charge is 0.376 e. The number of rotatable bonds is 3. The van der Waals surface area contributed by atoms with Gasteiger partial charge in [0.05, 0.1) is 31.4 Å². The lowest BCUT2D eigenvalue weighted by Gasteiger charge is -2.23. The molecule has 0 aliphatic carbocycles. The highest BCUT2D eigenvalue weighted by atomic mass is 79.9. The molecule has 2 aromatic rings. The second-order valence-electron chi connectivity index (χ2n) is 4.31. The molecule has 0 radical (unpaired) electrons. The number of ether oxygens (including phenoxy) is 2. The fourth-order valence-electron chi connectivity index (χ4n) is 2.06. The van der Waals surface area contributed by atoms with E-state index in [-0.39, 0.29) is 6.10 Å². The van der Waals surface area contributed by atoms with Crippen LogP contribution in [0.1, 0.15) is 0 Å². The number of benzene rings is 1. The van der Waals surface area contributed by atoms with Crippen LogP contribution in [0.4, 0.5) is 5.82 Å². The first-order valence-corrected chi connectivity index (χ1v) is 6.96. The van der Waals surface area contributed by atoms with Crippen molar-refractivity contribution in [2.24, 2.45) is 0 Å². The molecule has 1 atom stereocenters. The third kappa shape index (κ3) is 2.86. The Morgan fingerprint density at radius 2 is 2.26 bits per heavy atom. The summed E-state index contributed by atoms with van der Waals surface area (Å²) in [7, 11) is 0. The van der Waals surface area contributed by atoms with Gasteiger partial charge in [-0.15, -0.1) is 0 Å². The summed E-state index contributed by atoms with van der Waals surface area (Å²) in [6.45, 7) is 2.64. The van der Waals surface area contributed by atoms with Crippen LogP contribution >= 0.6 is 15.9 Å². The van der Waals surface area contributed by atoms with Gasteiger partial charge in [0.25, 0.3) is 0 Å². The third-order valence-electron chi connectivity index (χ3n) is 3.00. The van der Waals surface area contributed by atoms with Gasteiger partial charge in [-0.05, 0) is 28.1 Å². The molecule has 100 valence electrons. The van der Waals surface area contributed by atoms with Gasteiger partial charge in [0.1, 0.15) is 12.1 Å². The maximum Gasteiger partial charge on any atom is 0.137 e. The Hall–Kier alpha value is -1.24. The van der Waals surface area contributed by atoms with E-state index in [0.717, 1.165) is 21.2 Å². The smallest absolute Gasteiger partial charge is 0.137 e. The van der Waals surface area contributed by atoms with Gasteiger partial charge in [0.2, 0.25) is 0 Å². The molecule has 1 aliphatic heterocycles. The normalized spacial score (nSPS) is 19.5. The van der Waals surface area contributed by atoms with Gasteiger partial charge < -0.3 is 14.8 Å². The summed E-state index contributed by atoms with van der Waals surface area (Å²) >= 11 is 3.50. The summed E-state index contributed by atoms with van der Waals surface area (Å²) in [5, 5.41) is 4.30. The molecule has 0 bridgehead atoms. The highest BCUT2D eigenvalue weighted by Crippen LogP contribution is 2.25. The Bertz CT molecular complexity index is 573. The van der Waals surface area contributed by atoms with Crippen LogP contribution < -0.4 is 5.32 Å². The summed E-state index contributed by atoms with van der Waals surface area (Å²) in [5.74, 6) is 0.820. The molecule has 6 heteroatoms. The Kier molecular flexibility index (Phi) is 3.91. The van der Waals surface area contributed by atoms with Crippen LogP contribution in [-0.4, -0.2) is 42.4 Å². The van der Waals surface area contributed by atoms with Crippen LogP contribution in [0.5, 0.6) is 0 Å². The van der Waals surface area contributed by atoms with Crippen molar-refractivity contribution in [3.63, 3.8) is 0 Å². The summed E-state index contributed by atoms with van der Waals surface area (Å²) in [6, 6.07) is 5.94. The summed E-state index contributed by atoms with van der Waals surface area (Å²) < 4.78 is 11.9. The van der Waals surface area contributed by atoms with Gasteiger partial charge in [-0.25, -0.2) is 9.97 Å². The lowest BCUT2D eigenvalue weighted by molar-refractivity contribution is -0.0819. The molecule has 0 spiro atoms. The second kappa shape index (κ2) is 5.81. The van der Waals surface area contributed by atoms with Crippen molar-refractivity contribution in [3.8, 4) is 0 Å². The molecule has 1 saturated heterocycles. The summed E-state index contributed by atoms with van der Waals surface area (Å²) in [4.78, 5) is 8.58. The Morgan fingerprint density at radius 1 is 1.32 bits per heavy atom. The van der Waals surface area contributed by atoms with Gasteiger partial charge in [0, 0.05) is 16.4 Å². The minimum atomic E-state index is 0.0749. The van der Waals surface area contributed by atoms with E-state index in [4.69, 9.17) is 9.47 Å². The van der Waals surface area contributed by atoms with Crippen molar-refractivity contribution in [2.75, 3.05) is 31.7 Å². The molecule has 1 fully saturated rings. The summed E-state index contributed by atoms with van der Waals surface area (Å²) in [5.41, 5.74) is 0.904. The van der Waals surface area contributed by atoms with Crippen molar-refractivity contribution in [2.45, 2.75) is 6.10 Å². The molecular weight excluding hydrogens is 310 g/mol. The average Bonchev–Trinajstić information content (AvgIpc) is 2.47. The van der Waals surface area contributed by atoms with Gasteiger partial charge in [-0.1, -0.05) is 6.07 Å². The first-order valence-electron chi connectivity index (χ1n) is 6.17. The second-order valence-corrected chi connectivity index (χ2v) is 5.16. The predicted molar refractivity (Wildman–Crippen MR) is 76.3 cm³/mol. The number of anilines is 1. The molecule has 1 aliphatic rings. The van der Waals surface area contributed by atoms with E-state index >= 15 is 0 Å². The van der Waals surface area contributed by atoms with E-state index < -0.39 is 0 Å². The average molecular weight is 324 g/mol. The number of aromatic nitrogens is 2. The molecule has 1 aromatic carbocycles. The van der Waals surface area contributed by atoms with E-state index in [1.165, 1.54) is 0 Å². The van der Waals surface area contributed by atoms with Crippen molar-refractivity contribution in [3.05, 3.63) is 29.0 Å². The number of nitrogens with zero attached hydrogens (tertiary/aromatic N) is 2. The molecule has 0 unspecified atom stereocenters. The Morgan fingerprint density at radius 3 is 3.11 bits per heavy atom. The standard InChI is InChI=1S/C13H14BrN3O2/c14-11-3-1-2-10-12(11)16-8-17-13(10)15-6-9-7-18-4-5-19-9/h1-3,8-9H,4-7H2,(H,15,16,17)/t9-/m0/s1. The van der Waals surface area contributed by atoms with E-state index in [1.54, 1.807) is 6.33 Å². The van der Waals surface area contributed by atoms with Crippen molar-refractivity contribution < 1.29 is 9.47 Å². The van der Waals surface area contributed by atoms with Crippen LogP contribution in [0.25, 0.3) is 10.9 Å². The highest BCUT2D eigenvalue weighted by Gasteiger charge is 2.15. The van der Waals surface area contributed by atoms with E-state index in [9.17, 15) is 0 Å². The van der Waals surface area contributed by atoms with E-state index in [1.807, 2.05) is 18.2 Å². The molecule has 1 N–H and O–H groups in total. The van der Waals surface area contributed by atoms with E-state index in [2.05, 4.69) is 31.2 Å². The molecule has 5 nitrogen and oxygen atoms in total. The minimum Gasteiger partial charge on any atom is -0.376 e. The number of nitrogens with one attached hydrogen (secondary N) is 1. The predicted octanol–water partition coefficient (Wildman–Crippen LogP) is 2.22. The van der Waals surface area contributed by atoms with Crippen LogP contribution in [0, 0.1) is 0 Å². The quantitative estimate of drug-likeness (QED) is 0.938. The van der Waals surface area contributed by atoms with Crippen molar-refractivity contribution >= 4 is 32.7 Å². The van der Waals surface area contributed by atoms with Crippen LogP contribution in [-0.2, 0) is 9.47 Å². The van der Waals surface area contributed by atoms with Crippen LogP contribution in [0.15, 0.2) is 29.0 Å². The number of hydrogen-bond donors (Lipinski definition) is 1. The van der Waals surface area contributed by atoms with Gasteiger partial charge in [-0.3, -0.25) is 0 Å². The molecule has 0 amide bonds. The molecule has 0 saturated carbocycles.